The Balaban J connectivity index is 2.99. The van der Waals surface area contributed by atoms with Gasteiger partial charge in [0, 0.05) is 21.4 Å². The van der Waals surface area contributed by atoms with Crippen LogP contribution in [0.2, 0.25) is 0 Å². The molecule has 0 amide bonds. The van der Waals surface area contributed by atoms with Crippen molar-refractivity contribution in [1.29, 1.82) is 0 Å². The molecule has 2 N–H and O–H groups in total. The summed E-state index contributed by atoms with van der Waals surface area (Å²) in [6, 6.07) is 3.45. The van der Waals surface area contributed by atoms with Crippen LogP contribution in [0.15, 0.2) is 24.3 Å². The molecule has 1 aromatic rings. The van der Waals surface area contributed by atoms with Gasteiger partial charge < -0.3 is 18.8 Å². The molecule has 0 aromatic heterocycles. The van der Waals surface area contributed by atoms with E-state index in [-0.39, 0.29) is 0 Å². The van der Waals surface area contributed by atoms with Crippen molar-refractivity contribution >= 4 is 52.3 Å². The zero-order chi connectivity index (χ0) is 17.4. The maximum absolute atomic E-state index is 11.3. The minimum absolute atomic E-state index is 0.455. The molecule has 2 atom stereocenters. The average Bonchev–Trinajstić information content (AvgIpc) is 2.28. The zero-order valence-electron chi connectivity index (χ0n) is 9.94. The van der Waals surface area contributed by atoms with Crippen LogP contribution < -0.4 is 9.05 Å². The fourth-order valence-corrected chi connectivity index (χ4v) is 3.43. The Kier molecular flexibility index (Phi) is 5.64. The van der Waals surface area contributed by atoms with Crippen molar-refractivity contribution in [3.63, 3.8) is 0 Å². The van der Waals surface area contributed by atoms with E-state index in [1.165, 1.54) is 0 Å². The number of halogens is 2. The molecule has 0 radical (unpaired) electrons. The first-order valence-electron chi connectivity index (χ1n) is 4.70. The van der Waals surface area contributed by atoms with Gasteiger partial charge >= 0.3 is 30.9 Å². The third-order valence-corrected chi connectivity index (χ3v) is 10.7. The van der Waals surface area contributed by atoms with Crippen LogP contribution in [0.4, 0.5) is 0 Å². The molecule has 0 spiro atoms. The first-order valence-corrected chi connectivity index (χ1v) is 13.7. The molecular formula is C6H6Cl2O10P2S2. The highest BCUT2D eigenvalue weighted by molar-refractivity contribution is 8.60. The molecule has 0 aliphatic rings. The van der Waals surface area contributed by atoms with E-state index < -0.39 is 42.4 Å². The van der Waals surface area contributed by atoms with Crippen molar-refractivity contribution < 1.29 is 44.8 Å². The lowest BCUT2D eigenvalue weighted by molar-refractivity contribution is 0.392. The molecule has 0 fully saturated rings. The summed E-state index contributed by atoms with van der Waals surface area (Å²) in [6.07, 6.45) is 0. The fourth-order valence-electron chi connectivity index (χ4n) is 0.917. The fraction of sp³-hybridized carbons (Fsp3) is 0. The zero-order valence-corrected chi connectivity index (χ0v) is 14.9. The summed E-state index contributed by atoms with van der Waals surface area (Å²) in [5.41, 5.74) is 0. The van der Waals surface area contributed by atoms with Crippen LogP contribution in [0.25, 0.3) is 0 Å². The topological polar surface area (TPSA) is 161 Å². The molecule has 1 aromatic carbocycles. The molecule has 0 bridgehead atoms. The average molecular weight is 435 g/mol. The second-order valence-electron chi connectivity index (χ2n) is 3.42. The standard InChI is InChI=1S/C6H6Cl2O10P2S2/c7-21(13,14)19(9,10)17-5-1-2-6(4-3-5)18-20(11,12)22(8,15)16/h1-4H,(H,9,10)(H,11,12). The number of benzene rings is 1. The van der Waals surface area contributed by atoms with Gasteiger partial charge in [-0.3, -0.25) is 0 Å². The molecule has 22 heavy (non-hydrogen) atoms. The van der Waals surface area contributed by atoms with E-state index in [0.717, 1.165) is 24.3 Å². The molecule has 0 saturated carbocycles. The Morgan fingerprint density at radius 1 is 0.773 bits per heavy atom. The van der Waals surface area contributed by atoms with Gasteiger partial charge in [0.2, 0.25) is 0 Å². The molecule has 0 heterocycles. The van der Waals surface area contributed by atoms with Crippen molar-refractivity contribution in [2.24, 2.45) is 0 Å². The van der Waals surface area contributed by atoms with Crippen LogP contribution in [0.1, 0.15) is 0 Å². The Bertz CT molecular complexity index is 788. The van der Waals surface area contributed by atoms with Crippen molar-refractivity contribution in [2.45, 2.75) is 0 Å². The van der Waals surface area contributed by atoms with Crippen LogP contribution in [0.3, 0.4) is 0 Å². The van der Waals surface area contributed by atoms with E-state index in [1.54, 1.807) is 0 Å². The minimum Gasteiger partial charge on any atom is -0.413 e. The summed E-state index contributed by atoms with van der Waals surface area (Å²) in [5.74, 6) is -0.909. The maximum atomic E-state index is 11.3. The Morgan fingerprint density at radius 3 is 1.18 bits per heavy atom. The molecule has 1 rings (SSSR count). The second-order valence-corrected chi connectivity index (χ2v) is 16.7. The highest BCUT2D eigenvalue weighted by atomic mass is 35.7. The maximum Gasteiger partial charge on any atom is 0.508 e. The molecule has 10 nitrogen and oxygen atoms in total. The lowest BCUT2D eigenvalue weighted by Gasteiger charge is -2.12. The van der Waals surface area contributed by atoms with Gasteiger partial charge in [0.1, 0.15) is 11.5 Å². The van der Waals surface area contributed by atoms with Crippen molar-refractivity contribution in [1.82, 2.24) is 0 Å². The van der Waals surface area contributed by atoms with Crippen molar-refractivity contribution in [3.8, 4) is 11.5 Å². The molecule has 0 saturated heterocycles. The molecule has 16 heteroatoms. The Labute approximate surface area is 133 Å². The summed E-state index contributed by atoms with van der Waals surface area (Å²) in [6.45, 7) is -10.4. The van der Waals surface area contributed by atoms with Crippen LogP contribution in [0, 0.1) is 0 Å². The second kappa shape index (κ2) is 6.29. The Morgan fingerprint density at radius 2 is 1.00 bits per heavy atom. The van der Waals surface area contributed by atoms with Gasteiger partial charge in [-0.25, -0.2) is 9.13 Å². The van der Waals surface area contributed by atoms with Gasteiger partial charge in [-0.05, 0) is 24.3 Å². The van der Waals surface area contributed by atoms with Gasteiger partial charge in [0.05, 0.1) is 0 Å². The van der Waals surface area contributed by atoms with Crippen molar-refractivity contribution in [2.75, 3.05) is 0 Å². The first kappa shape index (κ1) is 19.7. The van der Waals surface area contributed by atoms with Gasteiger partial charge in [-0.2, -0.15) is 16.8 Å². The number of hydrogen-bond donors (Lipinski definition) is 2. The summed E-state index contributed by atoms with van der Waals surface area (Å²) in [7, 11) is -0.418. The van der Waals surface area contributed by atoms with Crippen LogP contribution in [-0.2, 0) is 26.5 Å². The number of rotatable bonds is 6. The molecule has 2 unspecified atom stereocenters. The van der Waals surface area contributed by atoms with Crippen molar-refractivity contribution in [3.05, 3.63) is 24.3 Å². The third kappa shape index (κ3) is 4.84. The van der Waals surface area contributed by atoms with Crippen LogP contribution in [0.5, 0.6) is 11.5 Å². The highest BCUT2D eigenvalue weighted by Crippen LogP contribution is 2.53. The third-order valence-electron chi connectivity index (χ3n) is 1.82. The molecule has 0 aliphatic heterocycles. The smallest absolute Gasteiger partial charge is 0.413 e. The predicted molar refractivity (Wildman–Crippen MR) is 76.9 cm³/mol. The minimum atomic E-state index is -5.21. The Hall–Kier alpha value is -0.320. The lowest BCUT2D eigenvalue weighted by atomic mass is 10.3. The summed E-state index contributed by atoms with van der Waals surface area (Å²) in [5, 5.41) is 0. The van der Waals surface area contributed by atoms with Crippen LogP contribution in [-0.4, -0.2) is 26.6 Å². The first-order chi connectivity index (χ1) is 9.66. The normalized spacial score (nSPS) is 18.0. The van der Waals surface area contributed by atoms with E-state index in [2.05, 4.69) is 9.05 Å². The van der Waals surface area contributed by atoms with E-state index in [4.69, 9.17) is 31.2 Å². The van der Waals surface area contributed by atoms with E-state index in [1.807, 2.05) is 0 Å². The SMILES string of the molecule is O=P(O)(Oc1ccc(OP(=O)(O)S(=O)(=O)Cl)cc1)S(=O)(=O)Cl. The summed E-state index contributed by atoms with van der Waals surface area (Å²) in [4.78, 5) is 18.1. The van der Waals surface area contributed by atoms with E-state index in [9.17, 15) is 26.0 Å². The highest BCUT2D eigenvalue weighted by Gasteiger charge is 2.39. The summed E-state index contributed by atoms with van der Waals surface area (Å²) < 4.78 is 74.2. The van der Waals surface area contributed by atoms with Crippen LogP contribution >= 0.6 is 35.0 Å². The van der Waals surface area contributed by atoms with Gasteiger partial charge in [0.15, 0.2) is 0 Å². The monoisotopic (exact) mass is 434 g/mol. The molecule has 0 aliphatic carbocycles. The van der Waals surface area contributed by atoms with E-state index in [0.29, 0.717) is 0 Å². The molecule has 126 valence electrons. The summed E-state index contributed by atoms with van der Waals surface area (Å²) >= 11 is 0. The largest absolute Gasteiger partial charge is 0.508 e. The number of hydrogen-bond acceptors (Lipinski definition) is 8. The quantitative estimate of drug-likeness (QED) is 0.498. The van der Waals surface area contributed by atoms with E-state index >= 15 is 0 Å². The molecular weight excluding hydrogens is 429 g/mol. The lowest BCUT2D eigenvalue weighted by Crippen LogP contribution is -2.01. The predicted octanol–water partition coefficient (Wildman–Crippen LogP) is 1.78. The van der Waals surface area contributed by atoms with Gasteiger partial charge in [-0.1, -0.05) is 0 Å². The van der Waals surface area contributed by atoms with Gasteiger partial charge in [0.25, 0.3) is 0 Å². The van der Waals surface area contributed by atoms with Gasteiger partial charge in [-0.15, -0.1) is 0 Å².